The Hall–Kier alpha value is -3.61. The van der Waals surface area contributed by atoms with Crippen LogP contribution >= 0.6 is 23.2 Å². The molecule has 0 spiro atoms. The van der Waals surface area contributed by atoms with Crippen LogP contribution < -0.4 is 15.0 Å². The Kier molecular flexibility index (Phi) is 7.01. The first-order chi connectivity index (χ1) is 16.4. The molecule has 1 aliphatic heterocycles. The van der Waals surface area contributed by atoms with Gasteiger partial charge in [-0.1, -0.05) is 48.7 Å². The van der Waals surface area contributed by atoms with Crippen molar-refractivity contribution in [2.45, 2.75) is 19.8 Å². The van der Waals surface area contributed by atoms with Crippen LogP contribution in [0.4, 0.5) is 11.4 Å². The number of nitrogens with zero attached hydrogens (tertiary/aromatic N) is 1. The molecule has 0 aromatic heterocycles. The summed E-state index contributed by atoms with van der Waals surface area (Å²) >= 11 is 12.0. The van der Waals surface area contributed by atoms with Gasteiger partial charge < -0.3 is 10.1 Å². The number of carbonyl (C=O) groups excluding carboxylic acids is 3. The van der Waals surface area contributed by atoms with Gasteiger partial charge in [0, 0.05) is 10.7 Å². The van der Waals surface area contributed by atoms with Crippen LogP contribution in [0.25, 0.3) is 0 Å². The molecule has 3 aromatic carbocycles. The average Bonchev–Trinajstić information content (AvgIpc) is 3.04. The second kappa shape index (κ2) is 10.1. The molecule has 0 radical (unpaired) electrons. The molecule has 0 fully saturated rings. The number of ether oxygens (including phenoxy) is 1. The molecular weight excluding hydrogens is 475 g/mol. The Morgan fingerprint density at radius 2 is 1.53 bits per heavy atom. The van der Waals surface area contributed by atoms with Crippen LogP contribution in [0.15, 0.2) is 83.5 Å². The van der Waals surface area contributed by atoms with Crippen molar-refractivity contribution in [2.24, 2.45) is 0 Å². The molecule has 1 heterocycles. The van der Waals surface area contributed by atoms with E-state index in [1.807, 2.05) is 12.1 Å². The fourth-order valence-corrected chi connectivity index (χ4v) is 3.79. The van der Waals surface area contributed by atoms with E-state index in [1.165, 1.54) is 5.56 Å². The Balaban J connectivity index is 1.43. The summed E-state index contributed by atoms with van der Waals surface area (Å²) < 4.78 is 5.42. The topological polar surface area (TPSA) is 75.7 Å². The lowest BCUT2D eigenvalue weighted by Gasteiger charge is -2.15. The minimum atomic E-state index is -0.637. The maximum absolute atomic E-state index is 12.9. The van der Waals surface area contributed by atoms with Gasteiger partial charge in [-0.15, -0.1) is 0 Å². The van der Waals surface area contributed by atoms with Crippen LogP contribution in [0, 0.1) is 0 Å². The molecule has 0 saturated heterocycles. The average molecular weight is 495 g/mol. The SMILES string of the molecule is CCCc1ccc(OC(=O)c2ccc(NC3=C(Cl)C(=O)N(c4ccc(Cl)cc4)C3=O)cc2)cc1. The monoisotopic (exact) mass is 494 g/mol. The molecule has 6 nitrogen and oxygen atoms in total. The second-order valence-electron chi connectivity index (χ2n) is 7.60. The smallest absolute Gasteiger partial charge is 0.343 e. The quantitative estimate of drug-likeness (QED) is 0.249. The van der Waals surface area contributed by atoms with Gasteiger partial charge in [-0.3, -0.25) is 9.59 Å². The highest BCUT2D eigenvalue weighted by Crippen LogP contribution is 2.30. The van der Waals surface area contributed by atoms with Crippen LogP contribution in [-0.4, -0.2) is 17.8 Å². The predicted octanol–water partition coefficient (Wildman–Crippen LogP) is 5.95. The van der Waals surface area contributed by atoms with Gasteiger partial charge in [0.2, 0.25) is 0 Å². The van der Waals surface area contributed by atoms with E-state index in [1.54, 1.807) is 60.7 Å². The number of amides is 2. The lowest BCUT2D eigenvalue weighted by atomic mass is 10.1. The molecule has 0 unspecified atom stereocenters. The Morgan fingerprint density at radius 1 is 0.882 bits per heavy atom. The molecule has 4 rings (SSSR count). The minimum Gasteiger partial charge on any atom is -0.423 e. The lowest BCUT2D eigenvalue weighted by molar-refractivity contribution is -0.120. The third-order valence-electron chi connectivity index (χ3n) is 5.17. The molecule has 2 amide bonds. The number of esters is 1. The number of rotatable bonds is 7. The zero-order valence-electron chi connectivity index (χ0n) is 18.2. The lowest BCUT2D eigenvalue weighted by Crippen LogP contribution is -2.32. The number of imide groups is 1. The molecule has 0 bridgehead atoms. The summed E-state index contributed by atoms with van der Waals surface area (Å²) in [7, 11) is 0. The summed E-state index contributed by atoms with van der Waals surface area (Å²) in [5.41, 5.74) is 2.30. The fraction of sp³-hybridized carbons (Fsp3) is 0.115. The summed E-state index contributed by atoms with van der Waals surface area (Å²) in [5.74, 6) is -1.27. The van der Waals surface area contributed by atoms with E-state index in [0.717, 1.165) is 17.7 Å². The van der Waals surface area contributed by atoms with Crippen molar-refractivity contribution < 1.29 is 19.1 Å². The zero-order chi connectivity index (χ0) is 24.2. The number of halogens is 2. The van der Waals surface area contributed by atoms with Crippen molar-refractivity contribution in [1.82, 2.24) is 0 Å². The third-order valence-corrected chi connectivity index (χ3v) is 5.78. The zero-order valence-corrected chi connectivity index (χ0v) is 19.7. The first-order valence-corrected chi connectivity index (χ1v) is 11.4. The standard InChI is InChI=1S/C26H20Cl2N2O4/c1-2-3-16-4-14-21(15-5-16)34-26(33)17-6-10-19(11-7-17)29-23-22(28)24(31)30(25(23)32)20-12-8-18(27)9-13-20/h4-15,29H,2-3H2,1H3. The van der Waals surface area contributed by atoms with Gasteiger partial charge in [-0.05, 0) is 72.6 Å². The van der Waals surface area contributed by atoms with Crippen molar-refractivity contribution in [2.75, 3.05) is 10.2 Å². The molecule has 1 aliphatic rings. The molecule has 0 atom stereocenters. The summed E-state index contributed by atoms with van der Waals surface area (Å²) in [6, 6.07) is 20.0. The highest BCUT2D eigenvalue weighted by atomic mass is 35.5. The van der Waals surface area contributed by atoms with E-state index >= 15 is 0 Å². The minimum absolute atomic E-state index is 0.0517. The van der Waals surface area contributed by atoms with Gasteiger partial charge in [-0.25, -0.2) is 9.69 Å². The number of hydrogen-bond donors (Lipinski definition) is 1. The summed E-state index contributed by atoms with van der Waals surface area (Å²) in [6.45, 7) is 2.10. The maximum Gasteiger partial charge on any atom is 0.343 e. The van der Waals surface area contributed by atoms with Crippen molar-refractivity contribution in [3.8, 4) is 5.75 Å². The number of nitrogens with one attached hydrogen (secondary N) is 1. The van der Waals surface area contributed by atoms with Gasteiger partial charge in [0.05, 0.1) is 11.3 Å². The fourth-order valence-electron chi connectivity index (χ4n) is 3.45. The van der Waals surface area contributed by atoms with Gasteiger partial charge >= 0.3 is 5.97 Å². The highest BCUT2D eigenvalue weighted by Gasteiger charge is 2.38. The molecule has 172 valence electrons. The van der Waals surface area contributed by atoms with Gasteiger partial charge in [-0.2, -0.15) is 0 Å². The van der Waals surface area contributed by atoms with E-state index in [9.17, 15) is 14.4 Å². The largest absolute Gasteiger partial charge is 0.423 e. The molecule has 3 aromatic rings. The number of anilines is 2. The summed E-state index contributed by atoms with van der Waals surface area (Å²) in [5, 5.41) is 3.13. The molecule has 8 heteroatoms. The van der Waals surface area contributed by atoms with E-state index < -0.39 is 17.8 Å². The van der Waals surface area contributed by atoms with E-state index in [-0.39, 0.29) is 10.7 Å². The first-order valence-electron chi connectivity index (χ1n) is 10.6. The molecule has 0 saturated carbocycles. The highest BCUT2D eigenvalue weighted by molar-refractivity contribution is 6.53. The van der Waals surface area contributed by atoms with Crippen molar-refractivity contribution in [3.63, 3.8) is 0 Å². The van der Waals surface area contributed by atoms with Crippen molar-refractivity contribution in [1.29, 1.82) is 0 Å². The van der Waals surface area contributed by atoms with Crippen molar-refractivity contribution in [3.05, 3.63) is 99.7 Å². The van der Waals surface area contributed by atoms with Gasteiger partial charge in [0.1, 0.15) is 16.5 Å². The number of hydrogen-bond acceptors (Lipinski definition) is 5. The number of benzene rings is 3. The summed E-state index contributed by atoms with van der Waals surface area (Å²) in [6.07, 6.45) is 2.01. The second-order valence-corrected chi connectivity index (χ2v) is 8.41. The third kappa shape index (κ3) is 4.98. The molecule has 0 aliphatic carbocycles. The van der Waals surface area contributed by atoms with Crippen LogP contribution in [0.5, 0.6) is 5.75 Å². The Morgan fingerprint density at radius 3 is 2.15 bits per heavy atom. The van der Waals surface area contributed by atoms with Gasteiger partial charge in [0.25, 0.3) is 11.8 Å². The molecule has 34 heavy (non-hydrogen) atoms. The van der Waals surface area contributed by atoms with E-state index in [4.69, 9.17) is 27.9 Å². The maximum atomic E-state index is 12.9. The van der Waals surface area contributed by atoms with Crippen LogP contribution in [0.3, 0.4) is 0 Å². The number of aryl methyl sites for hydroxylation is 1. The normalized spacial score (nSPS) is 13.4. The predicted molar refractivity (Wildman–Crippen MR) is 132 cm³/mol. The van der Waals surface area contributed by atoms with E-state index in [0.29, 0.717) is 27.7 Å². The number of carbonyl (C=O) groups is 3. The molecule has 1 N–H and O–H groups in total. The van der Waals surface area contributed by atoms with Crippen LogP contribution in [0.1, 0.15) is 29.3 Å². The molecular formula is C26H20Cl2N2O4. The van der Waals surface area contributed by atoms with Crippen LogP contribution in [0.2, 0.25) is 5.02 Å². The first kappa shape index (κ1) is 23.5. The van der Waals surface area contributed by atoms with Crippen molar-refractivity contribution >= 4 is 52.4 Å². The Bertz CT molecular complexity index is 1270. The van der Waals surface area contributed by atoms with E-state index in [2.05, 4.69) is 12.2 Å². The van der Waals surface area contributed by atoms with Crippen LogP contribution in [-0.2, 0) is 16.0 Å². The van der Waals surface area contributed by atoms with Gasteiger partial charge in [0.15, 0.2) is 0 Å². The summed E-state index contributed by atoms with van der Waals surface area (Å²) in [4.78, 5) is 38.8. The Labute approximate surface area is 206 Å².